The molecular weight excluding hydrogens is 427 g/mol. The van der Waals surface area contributed by atoms with Gasteiger partial charge in [-0.1, -0.05) is 39.1 Å². The quantitative estimate of drug-likeness (QED) is 0.388. The minimum atomic E-state index is -0.604. The van der Waals surface area contributed by atoms with Crippen molar-refractivity contribution in [1.82, 2.24) is 0 Å². The molecule has 0 aliphatic carbocycles. The summed E-state index contributed by atoms with van der Waals surface area (Å²) in [4.78, 5) is 23.0. The van der Waals surface area contributed by atoms with E-state index in [1.54, 1.807) is 0 Å². The molecule has 2 rings (SSSR count). The van der Waals surface area contributed by atoms with Crippen molar-refractivity contribution in [1.29, 1.82) is 0 Å². The summed E-state index contributed by atoms with van der Waals surface area (Å²) in [6.07, 6.45) is 0. The molecule has 9 heteroatoms. The number of non-ortho nitro benzene ring substituents is 1. The molecule has 2 aromatic carbocycles. The van der Waals surface area contributed by atoms with Gasteiger partial charge in [0.15, 0.2) is 0 Å². The van der Waals surface area contributed by atoms with E-state index in [1.165, 1.54) is 11.8 Å². The molecule has 0 spiro atoms. The zero-order valence-electron chi connectivity index (χ0n) is 11.4. The summed E-state index contributed by atoms with van der Waals surface area (Å²) < 4.78 is 0.954. The van der Waals surface area contributed by atoms with Crippen molar-refractivity contribution in [3.63, 3.8) is 0 Å². The van der Waals surface area contributed by atoms with Gasteiger partial charge < -0.3 is 5.32 Å². The van der Waals surface area contributed by atoms with Crippen molar-refractivity contribution < 1.29 is 9.72 Å². The summed E-state index contributed by atoms with van der Waals surface area (Å²) in [5.74, 6) is -0.152. The first-order valence-electron chi connectivity index (χ1n) is 6.18. The lowest BCUT2D eigenvalue weighted by Crippen LogP contribution is -2.14. The normalized spacial score (nSPS) is 10.4. The molecule has 0 atom stereocenters. The van der Waals surface area contributed by atoms with Crippen molar-refractivity contribution in [2.24, 2.45) is 0 Å². The lowest BCUT2D eigenvalue weighted by molar-refractivity contribution is -0.384. The van der Waals surface area contributed by atoms with E-state index in [0.29, 0.717) is 0 Å². The number of halogens is 3. The van der Waals surface area contributed by atoms with Crippen LogP contribution in [0.25, 0.3) is 0 Å². The van der Waals surface area contributed by atoms with Crippen LogP contribution in [-0.2, 0) is 4.79 Å². The van der Waals surface area contributed by atoms with Gasteiger partial charge in [-0.05, 0) is 24.3 Å². The zero-order valence-corrected chi connectivity index (χ0v) is 15.3. The van der Waals surface area contributed by atoms with Crippen molar-refractivity contribution >= 4 is 68.2 Å². The molecule has 0 fully saturated rings. The Bertz CT molecular complexity index is 733. The number of nitro groups is 1. The number of nitrogens with zero attached hydrogens (tertiary/aromatic N) is 1. The van der Waals surface area contributed by atoms with Crippen molar-refractivity contribution in [2.75, 3.05) is 11.1 Å². The number of carbonyl (C=O) groups excluding carboxylic acids is 1. The molecule has 0 unspecified atom stereocenters. The molecule has 0 saturated carbocycles. The van der Waals surface area contributed by atoms with Crippen LogP contribution in [0, 0.1) is 10.1 Å². The third-order valence-corrected chi connectivity index (χ3v) is 4.82. The molecule has 1 N–H and O–H groups in total. The summed E-state index contributed by atoms with van der Waals surface area (Å²) >= 11 is 16.6. The fourth-order valence-corrected chi connectivity index (χ4v) is 3.17. The Hall–Kier alpha value is -1.28. The van der Waals surface area contributed by atoms with Gasteiger partial charge in [-0.15, -0.1) is 11.8 Å². The number of nitro benzene ring substituents is 1. The molecule has 5 nitrogen and oxygen atoms in total. The van der Waals surface area contributed by atoms with Gasteiger partial charge in [-0.2, -0.15) is 0 Å². The van der Waals surface area contributed by atoms with Crippen LogP contribution in [0.1, 0.15) is 0 Å². The molecular formula is C14H9BrCl2N2O3S. The predicted molar refractivity (Wildman–Crippen MR) is 96.6 cm³/mol. The van der Waals surface area contributed by atoms with Crippen molar-refractivity contribution in [3.8, 4) is 0 Å². The maximum atomic E-state index is 12.0. The second kappa shape index (κ2) is 8.01. The highest BCUT2D eigenvalue weighted by Crippen LogP contribution is 2.34. The standard InChI is InChI=1S/C14H9BrCl2N2O3S/c15-8-1-3-10(4-2-8)23-7-13(20)18-14-11(16)5-9(19(21)22)6-12(14)17/h1-6H,7H2,(H,18,20). The lowest BCUT2D eigenvalue weighted by atomic mass is 10.3. The smallest absolute Gasteiger partial charge is 0.272 e. The first-order chi connectivity index (χ1) is 10.9. The molecule has 0 saturated heterocycles. The largest absolute Gasteiger partial charge is 0.323 e. The Morgan fingerprint density at radius 3 is 2.30 bits per heavy atom. The van der Waals surface area contributed by atoms with Gasteiger partial charge in [0, 0.05) is 21.5 Å². The number of hydrogen-bond donors (Lipinski definition) is 1. The van der Waals surface area contributed by atoms with Gasteiger partial charge in [0.1, 0.15) is 0 Å². The van der Waals surface area contributed by atoms with E-state index in [4.69, 9.17) is 23.2 Å². The average molecular weight is 436 g/mol. The van der Waals surface area contributed by atoms with Gasteiger partial charge in [0.2, 0.25) is 5.91 Å². The van der Waals surface area contributed by atoms with Crippen molar-refractivity contribution in [3.05, 3.63) is 61.0 Å². The third-order valence-electron chi connectivity index (χ3n) is 2.69. The fourth-order valence-electron chi connectivity index (χ4n) is 1.64. The Labute approximate surface area is 154 Å². The predicted octanol–water partition coefficient (Wildman–Crippen LogP) is 5.39. The Balaban J connectivity index is 2.02. The van der Waals surface area contributed by atoms with Gasteiger partial charge in [0.25, 0.3) is 5.69 Å². The second-order valence-electron chi connectivity index (χ2n) is 4.33. The van der Waals surface area contributed by atoms with Crippen LogP contribution < -0.4 is 5.32 Å². The molecule has 2 aromatic rings. The van der Waals surface area contributed by atoms with E-state index in [2.05, 4.69) is 21.2 Å². The van der Waals surface area contributed by atoms with E-state index in [-0.39, 0.29) is 33.1 Å². The zero-order chi connectivity index (χ0) is 17.0. The fraction of sp³-hybridized carbons (Fsp3) is 0.0714. The summed E-state index contributed by atoms with van der Waals surface area (Å²) in [7, 11) is 0. The number of amides is 1. The molecule has 0 aromatic heterocycles. The minimum absolute atomic E-state index is 0.0196. The number of nitrogens with one attached hydrogen (secondary N) is 1. The van der Waals surface area contributed by atoms with Crippen LogP contribution >= 0.6 is 50.9 Å². The average Bonchev–Trinajstić information content (AvgIpc) is 2.50. The number of carbonyl (C=O) groups is 1. The summed E-state index contributed by atoms with van der Waals surface area (Å²) in [6.45, 7) is 0. The third kappa shape index (κ3) is 5.10. The lowest BCUT2D eigenvalue weighted by Gasteiger charge is -2.09. The maximum absolute atomic E-state index is 12.0. The SMILES string of the molecule is O=C(CSc1ccc(Br)cc1)Nc1c(Cl)cc([N+](=O)[O-])cc1Cl. The molecule has 120 valence electrons. The molecule has 23 heavy (non-hydrogen) atoms. The van der Waals surface area contributed by atoms with E-state index in [0.717, 1.165) is 21.5 Å². The summed E-state index contributed by atoms with van der Waals surface area (Å²) in [5.41, 5.74) is -0.0671. The minimum Gasteiger partial charge on any atom is -0.323 e. The monoisotopic (exact) mass is 434 g/mol. The molecule has 0 aliphatic heterocycles. The number of anilines is 1. The summed E-state index contributed by atoms with van der Waals surface area (Å²) in [5, 5.41) is 13.3. The highest BCUT2D eigenvalue weighted by Gasteiger charge is 2.16. The van der Waals surface area contributed by atoms with Gasteiger partial charge in [-0.25, -0.2) is 0 Å². The maximum Gasteiger partial charge on any atom is 0.272 e. The number of benzene rings is 2. The molecule has 1 amide bonds. The van der Waals surface area contributed by atoms with E-state index < -0.39 is 4.92 Å². The highest BCUT2D eigenvalue weighted by atomic mass is 79.9. The van der Waals surface area contributed by atoms with Crippen molar-refractivity contribution in [2.45, 2.75) is 4.90 Å². The van der Waals surface area contributed by atoms with Crippen LogP contribution in [-0.4, -0.2) is 16.6 Å². The molecule has 0 aliphatic rings. The van der Waals surface area contributed by atoms with E-state index in [9.17, 15) is 14.9 Å². The van der Waals surface area contributed by atoms with Crippen LogP contribution in [0.5, 0.6) is 0 Å². The molecule has 0 bridgehead atoms. The highest BCUT2D eigenvalue weighted by molar-refractivity contribution is 9.10. The van der Waals surface area contributed by atoms with Gasteiger partial charge >= 0.3 is 0 Å². The van der Waals surface area contributed by atoms with Crippen LogP contribution in [0.2, 0.25) is 10.0 Å². The Morgan fingerprint density at radius 1 is 1.22 bits per heavy atom. The van der Waals surface area contributed by atoms with E-state index in [1.807, 2.05) is 24.3 Å². The number of thioether (sulfide) groups is 1. The second-order valence-corrected chi connectivity index (χ2v) is 7.11. The Morgan fingerprint density at radius 2 is 1.78 bits per heavy atom. The first kappa shape index (κ1) is 18.1. The molecule has 0 radical (unpaired) electrons. The van der Waals surface area contributed by atoms with Crippen LogP contribution in [0.3, 0.4) is 0 Å². The van der Waals surface area contributed by atoms with Crippen LogP contribution in [0.15, 0.2) is 45.8 Å². The topological polar surface area (TPSA) is 72.2 Å². The number of rotatable bonds is 5. The Kier molecular flexibility index (Phi) is 6.29. The molecule has 0 heterocycles. The van der Waals surface area contributed by atoms with E-state index >= 15 is 0 Å². The first-order valence-corrected chi connectivity index (χ1v) is 8.72. The van der Waals surface area contributed by atoms with Crippen LogP contribution in [0.4, 0.5) is 11.4 Å². The van der Waals surface area contributed by atoms with Gasteiger partial charge in [0.05, 0.1) is 26.4 Å². The number of hydrogen-bond acceptors (Lipinski definition) is 4. The van der Waals surface area contributed by atoms with Gasteiger partial charge in [-0.3, -0.25) is 14.9 Å². The summed E-state index contributed by atoms with van der Waals surface area (Å²) in [6, 6.07) is 9.81.